The van der Waals surface area contributed by atoms with Gasteiger partial charge in [-0.3, -0.25) is 19.0 Å². The number of benzene rings is 2. The highest BCUT2D eigenvalue weighted by molar-refractivity contribution is 5.92. The first-order valence-corrected chi connectivity index (χ1v) is 11.5. The van der Waals surface area contributed by atoms with Crippen LogP contribution in [0.15, 0.2) is 65.5 Å². The quantitative estimate of drug-likeness (QED) is 0.374. The second-order valence-electron chi connectivity index (χ2n) is 8.14. The molecular formula is C26H27N5O4. The third-order valence-electron chi connectivity index (χ3n) is 5.53. The zero-order valence-corrected chi connectivity index (χ0v) is 19.7. The van der Waals surface area contributed by atoms with E-state index < -0.39 is 18.5 Å². The van der Waals surface area contributed by atoms with Crippen molar-refractivity contribution in [3.63, 3.8) is 0 Å². The summed E-state index contributed by atoms with van der Waals surface area (Å²) >= 11 is 0. The highest BCUT2D eigenvalue weighted by Gasteiger charge is 2.15. The molecule has 180 valence electrons. The Hall–Kier alpha value is -4.27. The van der Waals surface area contributed by atoms with Crippen LogP contribution in [-0.4, -0.2) is 37.8 Å². The number of amides is 1. The number of ether oxygens (including phenoxy) is 1. The highest BCUT2D eigenvalue weighted by atomic mass is 16.5. The van der Waals surface area contributed by atoms with Crippen LogP contribution in [0.3, 0.4) is 0 Å². The van der Waals surface area contributed by atoms with E-state index in [4.69, 9.17) is 4.74 Å². The first-order chi connectivity index (χ1) is 17.0. The third kappa shape index (κ3) is 5.63. The normalized spacial score (nSPS) is 10.9. The summed E-state index contributed by atoms with van der Waals surface area (Å²) in [4.78, 5) is 41.8. The maximum absolute atomic E-state index is 12.5. The molecule has 0 atom stereocenters. The van der Waals surface area contributed by atoms with Gasteiger partial charge in [0.2, 0.25) is 0 Å². The van der Waals surface area contributed by atoms with Crippen molar-refractivity contribution in [2.24, 2.45) is 7.05 Å². The van der Waals surface area contributed by atoms with Gasteiger partial charge < -0.3 is 10.1 Å². The fourth-order valence-electron chi connectivity index (χ4n) is 3.76. The summed E-state index contributed by atoms with van der Waals surface area (Å²) < 4.78 is 8.25. The van der Waals surface area contributed by atoms with E-state index in [9.17, 15) is 14.4 Å². The van der Waals surface area contributed by atoms with E-state index in [-0.39, 0.29) is 18.4 Å². The zero-order chi connectivity index (χ0) is 24.8. The number of aromatic nitrogens is 4. The average molecular weight is 474 g/mol. The van der Waals surface area contributed by atoms with E-state index >= 15 is 0 Å². The molecule has 1 amide bonds. The fourth-order valence-corrected chi connectivity index (χ4v) is 3.76. The smallest absolute Gasteiger partial charge is 0.306 e. The second-order valence-corrected chi connectivity index (χ2v) is 8.14. The molecule has 0 radical (unpaired) electrons. The van der Waals surface area contributed by atoms with E-state index in [2.05, 4.69) is 22.3 Å². The summed E-state index contributed by atoms with van der Waals surface area (Å²) in [6.07, 6.45) is 1.92. The summed E-state index contributed by atoms with van der Waals surface area (Å²) in [6.45, 7) is 1.64. The number of carbonyl (C=O) groups excluding carboxylic acids is 2. The van der Waals surface area contributed by atoms with Crippen LogP contribution < -0.4 is 10.9 Å². The summed E-state index contributed by atoms with van der Waals surface area (Å²) in [5, 5.41) is 7.88. The van der Waals surface area contributed by atoms with Gasteiger partial charge in [-0.2, -0.15) is 5.10 Å². The minimum atomic E-state index is -0.550. The number of hydrogen-bond donors (Lipinski definition) is 1. The molecular weight excluding hydrogens is 446 g/mol. The Morgan fingerprint density at radius 3 is 2.54 bits per heavy atom. The molecule has 0 aliphatic carbocycles. The minimum absolute atomic E-state index is 0.00546. The van der Waals surface area contributed by atoms with Crippen molar-refractivity contribution in [3.05, 3.63) is 82.5 Å². The molecule has 2 aromatic carbocycles. The number of fused-ring (bicyclic) bond motifs is 1. The second kappa shape index (κ2) is 10.8. The van der Waals surface area contributed by atoms with Crippen LogP contribution in [0.5, 0.6) is 0 Å². The van der Waals surface area contributed by atoms with Gasteiger partial charge in [0.1, 0.15) is 11.6 Å². The third-order valence-corrected chi connectivity index (χ3v) is 5.53. The Labute approximate surface area is 202 Å². The van der Waals surface area contributed by atoms with Crippen molar-refractivity contribution in [2.45, 2.75) is 32.6 Å². The van der Waals surface area contributed by atoms with Gasteiger partial charge in [-0.25, -0.2) is 9.67 Å². The number of esters is 1. The van der Waals surface area contributed by atoms with E-state index in [1.54, 1.807) is 36.0 Å². The Kier molecular flexibility index (Phi) is 7.35. The summed E-state index contributed by atoms with van der Waals surface area (Å²) in [6, 6.07) is 18.4. The van der Waals surface area contributed by atoms with Crippen LogP contribution in [0.1, 0.15) is 31.3 Å². The molecule has 9 heteroatoms. The van der Waals surface area contributed by atoms with Gasteiger partial charge in [0.05, 0.1) is 28.7 Å². The minimum Gasteiger partial charge on any atom is -0.456 e. The lowest BCUT2D eigenvalue weighted by molar-refractivity contribution is -0.147. The van der Waals surface area contributed by atoms with Crippen LogP contribution in [0.25, 0.3) is 16.6 Å². The van der Waals surface area contributed by atoms with E-state index in [1.165, 1.54) is 4.57 Å². The van der Waals surface area contributed by atoms with Crippen LogP contribution in [0, 0.1) is 0 Å². The maximum Gasteiger partial charge on any atom is 0.306 e. The molecule has 0 bridgehead atoms. The van der Waals surface area contributed by atoms with Crippen LogP contribution >= 0.6 is 0 Å². The molecule has 2 aromatic heterocycles. The molecule has 9 nitrogen and oxygen atoms in total. The van der Waals surface area contributed by atoms with Crippen molar-refractivity contribution in [3.8, 4) is 5.69 Å². The van der Waals surface area contributed by atoms with Crippen LogP contribution in [0.4, 0.5) is 5.82 Å². The SMILES string of the molecule is CCCc1cc(NC(=O)COC(=O)CCc2nc3ccccc3c(=O)n2C)n(-c2ccccc2)n1. The molecule has 0 saturated heterocycles. The van der Waals surface area contributed by atoms with E-state index in [0.717, 1.165) is 24.2 Å². The molecule has 4 aromatic rings. The molecule has 0 spiro atoms. The summed E-state index contributed by atoms with van der Waals surface area (Å²) in [7, 11) is 1.62. The monoisotopic (exact) mass is 473 g/mol. The molecule has 0 aliphatic heterocycles. The first kappa shape index (κ1) is 23.9. The average Bonchev–Trinajstić information content (AvgIpc) is 3.26. The molecule has 0 aliphatic rings. The van der Waals surface area contributed by atoms with Gasteiger partial charge in [-0.05, 0) is 30.7 Å². The lowest BCUT2D eigenvalue weighted by atomic mass is 10.2. The number of hydrogen-bond acceptors (Lipinski definition) is 6. The number of aryl methyl sites for hydroxylation is 2. The molecule has 0 unspecified atom stereocenters. The molecule has 2 heterocycles. The fraction of sp³-hybridized carbons (Fsp3) is 0.269. The van der Waals surface area contributed by atoms with E-state index in [1.807, 2.05) is 36.4 Å². The van der Waals surface area contributed by atoms with Crippen molar-refractivity contribution in [1.82, 2.24) is 19.3 Å². The van der Waals surface area contributed by atoms with Crippen molar-refractivity contribution < 1.29 is 14.3 Å². The van der Waals surface area contributed by atoms with Gasteiger partial charge in [0.15, 0.2) is 6.61 Å². The van der Waals surface area contributed by atoms with Gasteiger partial charge in [-0.15, -0.1) is 0 Å². The lowest BCUT2D eigenvalue weighted by Gasteiger charge is -2.10. The number of rotatable bonds is 9. The predicted octanol–water partition coefficient (Wildman–Crippen LogP) is 3.19. The number of nitrogens with one attached hydrogen (secondary N) is 1. The largest absolute Gasteiger partial charge is 0.456 e. The molecule has 4 rings (SSSR count). The summed E-state index contributed by atoms with van der Waals surface area (Å²) in [5.41, 5.74) is 2.08. The lowest BCUT2D eigenvalue weighted by Crippen LogP contribution is -2.24. The number of anilines is 1. The zero-order valence-electron chi connectivity index (χ0n) is 19.7. The molecule has 0 fully saturated rings. The number of nitrogens with zero attached hydrogens (tertiary/aromatic N) is 4. The first-order valence-electron chi connectivity index (χ1n) is 11.5. The standard InChI is InChI=1S/C26H27N5O4/c1-3-9-18-16-23(31(29-18)19-10-5-4-6-11-19)28-24(32)17-35-25(33)15-14-22-27-21-13-8-7-12-20(21)26(34)30(22)2/h4-8,10-13,16H,3,9,14-15,17H2,1-2H3,(H,28,32). The van der Waals surface area contributed by atoms with Crippen LogP contribution in [0.2, 0.25) is 0 Å². The van der Waals surface area contributed by atoms with Gasteiger partial charge in [0.25, 0.3) is 11.5 Å². The van der Waals surface area contributed by atoms with Crippen LogP contribution in [-0.2, 0) is 34.2 Å². The Bertz CT molecular complexity index is 1410. The molecule has 0 saturated carbocycles. The molecule has 1 N–H and O–H groups in total. The Morgan fingerprint density at radius 2 is 1.77 bits per heavy atom. The van der Waals surface area contributed by atoms with Gasteiger partial charge in [0, 0.05) is 19.5 Å². The number of carbonyl (C=O) groups is 2. The molecule has 35 heavy (non-hydrogen) atoms. The highest BCUT2D eigenvalue weighted by Crippen LogP contribution is 2.18. The Morgan fingerprint density at radius 1 is 1.03 bits per heavy atom. The predicted molar refractivity (Wildman–Crippen MR) is 132 cm³/mol. The van der Waals surface area contributed by atoms with Gasteiger partial charge in [-0.1, -0.05) is 43.7 Å². The van der Waals surface area contributed by atoms with Gasteiger partial charge >= 0.3 is 5.97 Å². The van der Waals surface area contributed by atoms with Crippen molar-refractivity contribution >= 4 is 28.6 Å². The number of para-hydroxylation sites is 2. The Balaban J connectivity index is 1.36. The topological polar surface area (TPSA) is 108 Å². The van der Waals surface area contributed by atoms with Crippen molar-refractivity contribution in [1.29, 1.82) is 0 Å². The van der Waals surface area contributed by atoms with Crippen molar-refractivity contribution in [2.75, 3.05) is 11.9 Å². The van der Waals surface area contributed by atoms with E-state index in [0.29, 0.717) is 22.5 Å². The summed E-state index contributed by atoms with van der Waals surface area (Å²) in [5.74, 6) is -0.0260. The maximum atomic E-state index is 12.5.